The molecule has 0 aromatic heterocycles. The van der Waals surface area contributed by atoms with E-state index in [1.807, 2.05) is 0 Å². The topological polar surface area (TPSA) is 78.0 Å². The molecule has 158 valence electrons. The van der Waals surface area contributed by atoms with Crippen molar-refractivity contribution >= 4 is 35.8 Å². The molecule has 3 N–H and O–H groups in total. The van der Waals surface area contributed by atoms with E-state index in [0.29, 0.717) is 25.1 Å². The maximum absolute atomic E-state index is 13.1. The lowest BCUT2D eigenvalue weighted by Crippen LogP contribution is -2.50. The van der Waals surface area contributed by atoms with Crippen LogP contribution in [0.4, 0.5) is 4.39 Å². The summed E-state index contributed by atoms with van der Waals surface area (Å²) in [5.74, 6) is 0.496. The number of rotatable bonds is 7. The summed E-state index contributed by atoms with van der Waals surface area (Å²) in [6, 6.07) is 6.62. The van der Waals surface area contributed by atoms with Gasteiger partial charge in [-0.3, -0.25) is 14.7 Å². The Morgan fingerprint density at radius 1 is 1.32 bits per heavy atom. The number of guanidine groups is 1. The van der Waals surface area contributed by atoms with Crippen molar-refractivity contribution in [1.29, 1.82) is 0 Å². The van der Waals surface area contributed by atoms with Gasteiger partial charge < -0.3 is 20.7 Å². The number of carbonyl (C=O) groups excluding carboxylic acids is 1. The van der Waals surface area contributed by atoms with Crippen molar-refractivity contribution < 1.29 is 13.9 Å². The number of hydrogen-bond acceptors (Lipinski definition) is 4. The van der Waals surface area contributed by atoms with Crippen LogP contribution in [0.2, 0.25) is 0 Å². The smallest absolute Gasteiger partial charge is 0.233 e. The number of methoxy groups -OCH3 is 1. The number of carbonyl (C=O) groups is 1. The number of piperidine rings is 1. The van der Waals surface area contributed by atoms with Crippen LogP contribution in [0.1, 0.15) is 24.5 Å². The Balaban J connectivity index is 0.00000392. The molecule has 1 aromatic rings. The zero-order valence-electron chi connectivity index (χ0n) is 16.7. The number of likely N-dealkylation sites (N-methyl/N-ethyl adjacent to an activating group) is 1. The molecule has 0 bridgehead atoms. The first-order valence-electron chi connectivity index (χ1n) is 9.24. The monoisotopic (exact) mass is 507 g/mol. The van der Waals surface area contributed by atoms with Crippen molar-refractivity contribution in [2.45, 2.75) is 25.0 Å². The molecule has 1 aliphatic rings. The predicted molar refractivity (Wildman–Crippen MR) is 120 cm³/mol. The zero-order valence-corrected chi connectivity index (χ0v) is 19.0. The molecule has 1 aliphatic heterocycles. The van der Waals surface area contributed by atoms with Gasteiger partial charge in [0.15, 0.2) is 5.96 Å². The highest BCUT2D eigenvalue weighted by atomic mass is 127. The number of ether oxygens (including phenoxy) is 1. The Morgan fingerprint density at radius 3 is 2.50 bits per heavy atom. The minimum absolute atomic E-state index is 0. The summed E-state index contributed by atoms with van der Waals surface area (Å²) in [5.41, 5.74) is 0.907. The number of amides is 1. The number of nitrogens with zero attached hydrogens (tertiary/aromatic N) is 2. The molecule has 1 fully saturated rings. The van der Waals surface area contributed by atoms with Gasteiger partial charge in [0.1, 0.15) is 5.82 Å². The Hall–Kier alpha value is -1.46. The average Bonchev–Trinajstić information content (AvgIpc) is 2.69. The molecular formula is C19H31FIN5O2. The molecule has 1 saturated heterocycles. The van der Waals surface area contributed by atoms with Crippen LogP contribution >= 0.6 is 24.0 Å². The molecule has 0 radical (unpaired) electrons. The molecule has 7 nitrogen and oxygen atoms in total. The Bertz CT molecular complexity index is 621. The van der Waals surface area contributed by atoms with E-state index >= 15 is 0 Å². The summed E-state index contributed by atoms with van der Waals surface area (Å²) in [7, 11) is 5.02. The maximum atomic E-state index is 13.1. The zero-order chi connectivity index (χ0) is 19.6. The van der Waals surface area contributed by atoms with E-state index in [9.17, 15) is 9.18 Å². The molecule has 0 aliphatic carbocycles. The third kappa shape index (κ3) is 7.88. The first kappa shape index (κ1) is 24.6. The van der Waals surface area contributed by atoms with Crippen LogP contribution in [0, 0.1) is 5.82 Å². The molecule has 1 unspecified atom stereocenters. The SMILES string of the molecule is CN=C(NCC(OC)c1ccc(F)cc1)NC1CCN(CC(=O)NC)CC1.I. The molecule has 1 atom stereocenters. The van der Waals surface area contributed by atoms with Crippen LogP contribution in [0.15, 0.2) is 29.3 Å². The summed E-state index contributed by atoms with van der Waals surface area (Å²) < 4.78 is 18.6. The summed E-state index contributed by atoms with van der Waals surface area (Å²) in [6.07, 6.45) is 1.70. The first-order chi connectivity index (χ1) is 13.0. The van der Waals surface area contributed by atoms with Gasteiger partial charge in [0.25, 0.3) is 0 Å². The van der Waals surface area contributed by atoms with Crippen LogP contribution in [0.3, 0.4) is 0 Å². The van der Waals surface area contributed by atoms with E-state index in [2.05, 4.69) is 25.8 Å². The highest BCUT2D eigenvalue weighted by Crippen LogP contribution is 2.16. The fourth-order valence-electron chi connectivity index (χ4n) is 3.11. The number of likely N-dealkylation sites (tertiary alicyclic amines) is 1. The number of hydrogen-bond donors (Lipinski definition) is 3. The second-order valence-corrected chi connectivity index (χ2v) is 6.60. The van der Waals surface area contributed by atoms with E-state index in [0.717, 1.165) is 31.5 Å². The largest absolute Gasteiger partial charge is 0.375 e. The molecule has 9 heteroatoms. The lowest BCUT2D eigenvalue weighted by atomic mass is 10.1. The van der Waals surface area contributed by atoms with Gasteiger partial charge >= 0.3 is 0 Å². The molecule has 28 heavy (non-hydrogen) atoms. The Labute approximate surface area is 183 Å². The van der Waals surface area contributed by atoms with Crippen LogP contribution in [0.5, 0.6) is 0 Å². The van der Waals surface area contributed by atoms with E-state index in [1.165, 1.54) is 12.1 Å². The number of halogens is 2. The van der Waals surface area contributed by atoms with Gasteiger partial charge in [-0.15, -0.1) is 24.0 Å². The van der Waals surface area contributed by atoms with Gasteiger partial charge in [0.2, 0.25) is 5.91 Å². The van der Waals surface area contributed by atoms with E-state index < -0.39 is 0 Å². The molecule has 2 rings (SSSR count). The lowest BCUT2D eigenvalue weighted by molar-refractivity contribution is -0.122. The summed E-state index contributed by atoms with van der Waals surface area (Å²) in [5, 5.41) is 9.36. The summed E-state index contributed by atoms with van der Waals surface area (Å²) in [6.45, 7) is 2.72. The highest BCUT2D eigenvalue weighted by Gasteiger charge is 2.21. The van der Waals surface area contributed by atoms with Gasteiger partial charge in [-0.05, 0) is 30.5 Å². The van der Waals surface area contributed by atoms with Gasteiger partial charge in [-0.2, -0.15) is 0 Å². The second-order valence-electron chi connectivity index (χ2n) is 6.60. The third-order valence-electron chi connectivity index (χ3n) is 4.78. The van der Waals surface area contributed by atoms with Gasteiger partial charge in [-0.25, -0.2) is 4.39 Å². The fourth-order valence-corrected chi connectivity index (χ4v) is 3.11. The molecule has 0 saturated carbocycles. The Morgan fingerprint density at radius 2 is 1.96 bits per heavy atom. The predicted octanol–water partition coefficient (Wildman–Crippen LogP) is 1.51. The summed E-state index contributed by atoms with van der Waals surface area (Å²) >= 11 is 0. The van der Waals surface area contributed by atoms with Crippen LogP contribution < -0.4 is 16.0 Å². The maximum Gasteiger partial charge on any atom is 0.233 e. The second kappa shape index (κ2) is 12.9. The molecule has 0 spiro atoms. The fraction of sp³-hybridized carbons (Fsp3) is 0.579. The first-order valence-corrected chi connectivity index (χ1v) is 9.24. The van der Waals surface area contributed by atoms with Crippen molar-refractivity contribution in [3.8, 4) is 0 Å². The number of benzene rings is 1. The molecule has 1 aromatic carbocycles. The van der Waals surface area contributed by atoms with E-state index in [1.54, 1.807) is 33.3 Å². The van der Waals surface area contributed by atoms with Crippen LogP contribution in [-0.2, 0) is 9.53 Å². The third-order valence-corrected chi connectivity index (χ3v) is 4.78. The van der Waals surface area contributed by atoms with E-state index in [-0.39, 0.29) is 41.8 Å². The van der Waals surface area contributed by atoms with E-state index in [4.69, 9.17) is 4.74 Å². The summed E-state index contributed by atoms with van der Waals surface area (Å²) in [4.78, 5) is 17.9. The van der Waals surface area contributed by atoms with Crippen molar-refractivity contribution in [1.82, 2.24) is 20.9 Å². The average molecular weight is 507 g/mol. The van der Waals surface area contributed by atoms with Crippen LogP contribution in [0.25, 0.3) is 0 Å². The number of aliphatic imine (C=N–C) groups is 1. The quantitative estimate of drug-likeness (QED) is 0.297. The molecule has 1 amide bonds. The minimum Gasteiger partial charge on any atom is -0.375 e. The van der Waals surface area contributed by atoms with Gasteiger partial charge in [0.05, 0.1) is 12.6 Å². The minimum atomic E-state index is -0.262. The van der Waals surface area contributed by atoms with Gasteiger partial charge in [0, 0.05) is 46.9 Å². The van der Waals surface area contributed by atoms with Crippen molar-refractivity contribution in [3.63, 3.8) is 0 Å². The van der Waals surface area contributed by atoms with Gasteiger partial charge in [-0.1, -0.05) is 12.1 Å². The normalized spacial score (nSPS) is 16.8. The van der Waals surface area contributed by atoms with Crippen molar-refractivity contribution in [3.05, 3.63) is 35.6 Å². The lowest BCUT2D eigenvalue weighted by Gasteiger charge is -2.32. The Kier molecular flexibility index (Phi) is 11.3. The molecule has 1 heterocycles. The molecular weight excluding hydrogens is 476 g/mol. The van der Waals surface area contributed by atoms with Crippen LogP contribution in [-0.4, -0.2) is 70.2 Å². The standard InChI is InChI=1S/C19H30FN5O2.HI/c1-21-18(26)13-25-10-8-16(9-11-25)24-19(22-2)23-12-17(27-3)14-4-6-15(20)7-5-14;/h4-7,16-17H,8-13H2,1-3H3,(H,21,26)(H2,22,23,24);1H. The van der Waals surface area contributed by atoms with Crippen molar-refractivity contribution in [2.24, 2.45) is 4.99 Å². The van der Waals surface area contributed by atoms with Crippen molar-refractivity contribution in [2.75, 3.05) is 47.4 Å². The highest BCUT2D eigenvalue weighted by molar-refractivity contribution is 14.0. The number of nitrogens with one attached hydrogen (secondary N) is 3.